The Bertz CT molecular complexity index is 341. The molecule has 3 heteroatoms. The third-order valence-electron chi connectivity index (χ3n) is 2.56. The van der Waals surface area contributed by atoms with Crippen LogP contribution in [0.4, 0.5) is 0 Å². The van der Waals surface area contributed by atoms with E-state index in [-0.39, 0.29) is 17.1 Å². The summed E-state index contributed by atoms with van der Waals surface area (Å²) in [5, 5.41) is 16.9. The molecule has 0 aliphatic carbocycles. The lowest BCUT2D eigenvalue weighted by Gasteiger charge is -2.23. The lowest BCUT2D eigenvalue weighted by molar-refractivity contribution is 0.390. The van der Waals surface area contributed by atoms with Crippen molar-refractivity contribution in [2.75, 3.05) is 0 Å². The van der Waals surface area contributed by atoms with Crippen molar-refractivity contribution in [3.8, 4) is 11.5 Å². The SMILES string of the molecule is CCC(C)(C)C(=N)Oc1ccc(O)cc1. The number of benzene rings is 1. The Morgan fingerprint density at radius 3 is 2.33 bits per heavy atom. The van der Waals surface area contributed by atoms with Crippen LogP contribution in [-0.4, -0.2) is 11.0 Å². The third-order valence-corrected chi connectivity index (χ3v) is 2.56. The summed E-state index contributed by atoms with van der Waals surface area (Å²) in [7, 11) is 0. The molecule has 3 nitrogen and oxygen atoms in total. The van der Waals surface area contributed by atoms with Crippen LogP contribution in [-0.2, 0) is 0 Å². The van der Waals surface area contributed by atoms with Gasteiger partial charge in [-0.05, 0) is 30.7 Å². The number of ether oxygens (including phenoxy) is 1. The van der Waals surface area contributed by atoms with Crippen LogP contribution >= 0.6 is 0 Å². The second kappa shape index (κ2) is 4.34. The molecule has 0 atom stereocenters. The number of aromatic hydroxyl groups is 1. The van der Waals surface area contributed by atoms with E-state index in [1.54, 1.807) is 24.3 Å². The molecule has 0 heterocycles. The van der Waals surface area contributed by atoms with E-state index in [0.29, 0.717) is 5.75 Å². The van der Waals surface area contributed by atoms with Crippen LogP contribution in [0.2, 0.25) is 0 Å². The molecule has 1 aromatic rings. The van der Waals surface area contributed by atoms with Gasteiger partial charge in [0.05, 0.1) is 0 Å². The molecule has 0 aliphatic heterocycles. The smallest absolute Gasteiger partial charge is 0.193 e. The van der Waals surface area contributed by atoms with Gasteiger partial charge >= 0.3 is 0 Å². The van der Waals surface area contributed by atoms with Gasteiger partial charge in [0.1, 0.15) is 11.5 Å². The van der Waals surface area contributed by atoms with Crippen molar-refractivity contribution in [3.63, 3.8) is 0 Å². The molecule has 0 fully saturated rings. The maximum absolute atomic E-state index is 9.09. The summed E-state index contributed by atoms with van der Waals surface area (Å²) < 4.78 is 5.40. The standard InChI is InChI=1S/C12H17NO2/c1-4-12(2,3)11(13)15-10-7-5-9(14)6-8-10/h5-8,13-14H,4H2,1-3H3. The van der Waals surface area contributed by atoms with Crippen molar-refractivity contribution < 1.29 is 9.84 Å². The monoisotopic (exact) mass is 207 g/mol. The topological polar surface area (TPSA) is 53.3 Å². The van der Waals surface area contributed by atoms with Gasteiger partial charge in [-0.25, -0.2) is 0 Å². The third kappa shape index (κ3) is 2.98. The first-order chi connectivity index (χ1) is 6.95. The second-order valence-electron chi connectivity index (χ2n) is 4.16. The largest absolute Gasteiger partial charge is 0.508 e. The molecule has 0 amide bonds. The van der Waals surface area contributed by atoms with Crippen LogP contribution in [0.1, 0.15) is 27.2 Å². The van der Waals surface area contributed by atoms with Crippen LogP contribution < -0.4 is 4.74 Å². The van der Waals surface area contributed by atoms with E-state index in [1.165, 1.54) is 0 Å². The van der Waals surface area contributed by atoms with Crippen molar-refractivity contribution in [1.29, 1.82) is 5.41 Å². The Labute approximate surface area is 90.2 Å². The molecule has 0 aromatic heterocycles. The summed E-state index contributed by atoms with van der Waals surface area (Å²) in [4.78, 5) is 0. The molecule has 0 radical (unpaired) electrons. The van der Waals surface area contributed by atoms with E-state index in [0.717, 1.165) is 6.42 Å². The molecular weight excluding hydrogens is 190 g/mol. The first-order valence-electron chi connectivity index (χ1n) is 5.01. The summed E-state index contributed by atoms with van der Waals surface area (Å²) in [6.45, 7) is 5.96. The van der Waals surface area contributed by atoms with Crippen LogP contribution in [0.5, 0.6) is 11.5 Å². The molecule has 0 aliphatic rings. The molecule has 15 heavy (non-hydrogen) atoms. The molecule has 2 N–H and O–H groups in total. The zero-order chi connectivity index (χ0) is 11.5. The number of hydrogen-bond acceptors (Lipinski definition) is 3. The summed E-state index contributed by atoms with van der Waals surface area (Å²) in [6, 6.07) is 6.38. The van der Waals surface area contributed by atoms with Gasteiger partial charge < -0.3 is 9.84 Å². The van der Waals surface area contributed by atoms with Gasteiger partial charge in [0.15, 0.2) is 5.90 Å². The second-order valence-corrected chi connectivity index (χ2v) is 4.16. The zero-order valence-corrected chi connectivity index (χ0v) is 9.37. The highest BCUT2D eigenvalue weighted by Crippen LogP contribution is 2.24. The number of phenolic OH excluding ortho intramolecular Hbond substituents is 1. The zero-order valence-electron chi connectivity index (χ0n) is 9.37. The Kier molecular flexibility index (Phi) is 3.35. The fraction of sp³-hybridized carbons (Fsp3) is 0.417. The Morgan fingerprint density at radius 1 is 1.33 bits per heavy atom. The van der Waals surface area contributed by atoms with Gasteiger partial charge in [-0.2, -0.15) is 0 Å². The van der Waals surface area contributed by atoms with Gasteiger partial charge in [0, 0.05) is 5.41 Å². The molecular formula is C12H17NO2. The summed E-state index contributed by atoms with van der Waals surface area (Å²) in [6.07, 6.45) is 0.851. The number of rotatable bonds is 3. The summed E-state index contributed by atoms with van der Waals surface area (Å²) in [5.41, 5.74) is -0.252. The normalized spacial score (nSPS) is 11.1. The van der Waals surface area contributed by atoms with Crippen molar-refractivity contribution in [3.05, 3.63) is 24.3 Å². The molecule has 0 spiro atoms. The van der Waals surface area contributed by atoms with Crippen LogP contribution in [0.15, 0.2) is 24.3 Å². The van der Waals surface area contributed by atoms with Gasteiger partial charge in [-0.15, -0.1) is 0 Å². The van der Waals surface area contributed by atoms with Crippen molar-refractivity contribution in [2.24, 2.45) is 5.41 Å². The van der Waals surface area contributed by atoms with Gasteiger partial charge in [0.2, 0.25) is 0 Å². The van der Waals surface area contributed by atoms with Crippen molar-refractivity contribution in [1.82, 2.24) is 0 Å². The predicted octanol–water partition coefficient (Wildman–Crippen LogP) is 3.18. The summed E-state index contributed by atoms with van der Waals surface area (Å²) >= 11 is 0. The Hall–Kier alpha value is -1.51. The fourth-order valence-electron chi connectivity index (χ4n) is 0.931. The van der Waals surface area contributed by atoms with Crippen LogP contribution in [0.25, 0.3) is 0 Å². The van der Waals surface area contributed by atoms with Gasteiger partial charge in [-0.1, -0.05) is 20.8 Å². The molecule has 1 aromatic carbocycles. The molecule has 82 valence electrons. The highest BCUT2D eigenvalue weighted by atomic mass is 16.5. The first-order valence-corrected chi connectivity index (χ1v) is 5.01. The van der Waals surface area contributed by atoms with Crippen molar-refractivity contribution in [2.45, 2.75) is 27.2 Å². The first kappa shape index (κ1) is 11.6. The van der Waals surface area contributed by atoms with Gasteiger partial charge in [0.25, 0.3) is 0 Å². The Morgan fingerprint density at radius 2 is 1.87 bits per heavy atom. The minimum atomic E-state index is -0.252. The molecule has 0 bridgehead atoms. The van der Waals surface area contributed by atoms with E-state index in [1.807, 2.05) is 20.8 Å². The average molecular weight is 207 g/mol. The minimum Gasteiger partial charge on any atom is -0.508 e. The van der Waals surface area contributed by atoms with E-state index >= 15 is 0 Å². The lowest BCUT2D eigenvalue weighted by Crippen LogP contribution is -2.27. The minimum absolute atomic E-state index is 0.198. The lowest BCUT2D eigenvalue weighted by atomic mass is 9.90. The number of phenols is 1. The maximum atomic E-state index is 9.09. The molecule has 0 unspecified atom stereocenters. The highest BCUT2D eigenvalue weighted by molar-refractivity contribution is 5.80. The number of nitrogens with one attached hydrogen (secondary N) is 1. The van der Waals surface area contributed by atoms with Gasteiger partial charge in [-0.3, -0.25) is 5.41 Å². The van der Waals surface area contributed by atoms with Crippen molar-refractivity contribution >= 4 is 5.90 Å². The van der Waals surface area contributed by atoms with E-state index < -0.39 is 0 Å². The fourth-order valence-corrected chi connectivity index (χ4v) is 0.931. The molecule has 1 rings (SSSR count). The van der Waals surface area contributed by atoms with E-state index in [9.17, 15) is 0 Å². The highest BCUT2D eigenvalue weighted by Gasteiger charge is 2.23. The quantitative estimate of drug-likeness (QED) is 0.590. The molecule has 0 saturated heterocycles. The van der Waals surface area contributed by atoms with E-state index in [2.05, 4.69) is 0 Å². The molecule has 0 saturated carbocycles. The van der Waals surface area contributed by atoms with Crippen LogP contribution in [0.3, 0.4) is 0 Å². The Balaban J connectivity index is 2.71. The predicted molar refractivity (Wildman–Crippen MR) is 60.5 cm³/mol. The van der Waals surface area contributed by atoms with E-state index in [4.69, 9.17) is 15.3 Å². The maximum Gasteiger partial charge on any atom is 0.193 e. The average Bonchev–Trinajstić information content (AvgIpc) is 2.21. The summed E-state index contributed by atoms with van der Waals surface area (Å²) in [5.74, 6) is 1.03. The number of hydrogen-bond donors (Lipinski definition) is 2. The van der Waals surface area contributed by atoms with Crippen LogP contribution in [0, 0.1) is 10.8 Å².